The minimum atomic E-state index is -0.485. The summed E-state index contributed by atoms with van der Waals surface area (Å²) in [6.45, 7) is 3.57. The van der Waals surface area contributed by atoms with E-state index in [1.807, 2.05) is 25.1 Å². The van der Waals surface area contributed by atoms with Crippen LogP contribution in [0, 0.1) is 6.92 Å². The van der Waals surface area contributed by atoms with Crippen LogP contribution in [0.5, 0.6) is 0 Å². The summed E-state index contributed by atoms with van der Waals surface area (Å²) in [5.74, 6) is -0.136. The summed E-state index contributed by atoms with van der Waals surface area (Å²) in [7, 11) is 1.46. The van der Waals surface area contributed by atoms with Gasteiger partial charge in [-0.25, -0.2) is 0 Å². The van der Waals surface area contributed by atoms with Gasteiger partial charge in [0.1, 0.15) is 5.41 Å². The second kappa shape index (κ2) is 4.26. The van der Waals surface area contributed by atoms with Gasteiger partial charge in [0.05, 0.1) is 7.11 Å². The van der Waals surface area contributed by atoms with E-state index in [1.54, 1.807) is 0 Å². The number of hydrogen-bond donors (Lipinski definition) is 1. The molecule has 1 saturated heterocycles. The maximum Gasteiger partial charge on any atom is 0.317 e. The summed E-state index contributed by atoms with van der Waals surface area (Å²) in [6, 6.07) is 8.12. The van der Waals surface area contributed by atoms with Crippen LogP contribution in [0.1, 0.15) is 17.5 Å². The van der Waals surface area contributed by atoms with Crippen molar-refractivity contribution in [1.82, 2.24) is 5.32 Å². The Labute approximate surface area is 95.8 Å². The Hall–Kier alpha value is -1.35. The molecule has 1 fully saturated rings. The van der Waals surface area contributed by atoms with Gasteiger partial charge in [-0.1, -0.05) is 29.8 Å². The lowest BCUT2D eigenvalue weighted by Crippen LogP contribution is -2.39. The summed E-state index contributed by atoms with van der Waals surface area (Å²) in [5.41, 5.74) is 1.75. The second-order valence-corrected chi connectivity index (χ2v) is 4.37. The molecule has 1 heterocycles. The highest BCUT2D eigenvalue weighted by Crippen LogP contribution is 2.32. The van der Waals surface area contributed by atoms with E-state index < -0.39 is 5.41 Å². The first-order chi connectivity index (χ1) is 7.69. The number of ether oxygens (including phenoxy) is 1. The van der Waals surface area contributed by atoms with E-state index in [0.29, 0.717) is 6.54 Å². The Morgan fingerprint density at radius 3 is 2.88 bits per heavy atom. The lowest BCUT2D eigenvalue weighted by Gasteiger charge is -2.25. The Kier molecular flexibility index (Phi) is 2.97. The molecule has 0 spiro atoms. The predicted molar refractivity (Wildman–Crippen MR) is 62.4 cm³/mol. The molecule has 1 unspecified atom stereocenters. The SMILES string of the molecule is COC(=O)C1(c2cccc(C)c2)CCNC1. The first-order valence-corrected chi connectivity index (χ1v) is 5.55. The van der Waals surface area contributed by atoms with Gasteiger partial charge in [0.2, 0.25) is 0 Å². The lowest BCUT2D eigenvalue weighted by molar-refractivity contribution is -0.146. The van der Waals surface area contributed by atoms with Gasteiger partial charge in [-0.2, -0.15) is 0 Å². The van der Waals surface area contributed by atoms with Gasteiger partial charge >= 0.3 is 5.97 Å². The first kappa shape index (κ1) is 11.1. The molecule has 1 aliphatic rings. The van der Waals surface area contributed by atoms with E-state index in [4.69, 9.17) is 4.74 Å². The number of aryl methyl sites for hydroxylation is 1. The Morgan fingerprint density at radius 2 is 2.31 bits per heavy atom. The number of hydrogen-bond acceptors (Lipinski definition) is 3. The van der Waals surface area contributed by atoms with E-state index >= 15 is 0 Å². The van der Waals surface area contributed by atoms with Gasteiger partial charge in [0.15, 0.2) is 0 Å². The molecule has 0 radical (unpaired) electrons. The van der Waals surface area contributed by atoms with Crippen LogP contribution in [0.2, 0.25) is 0 Å². The molecule has 0 amide bonds. The smallest absolute Gasteiger partial charge is 0.317 e. The largest absolute Gasteiger partial charge is 0.468 e. The van der Waals surface area contributed by atoms with Gasteiger partial charge in [0, 0.05) is 6.54 Å². The van der Waals surface area contributed by atoms with E-state index in [9.17, 15) is 4.79 Å². The zero-order valence-electron chi connectivity index (χ0n) is 9.75. The van der Waals surface area contributed by atoms with Crippen LogP contribution in [-0.4, -0.2) is 26.2 Å². The highest BCUT2D eigenvalue weighted by atomic mass is 16.5. The molecule has 2 rings (SSSR count). The van der Waals surface area contributed by atoms with Crippen molar-refractivity contribution in [2.24, 2.45) is 0 Å². The van der Waals surface area contributed by atoms with Gasteiger partial charge in [-0.05, 0) is 25.5 Å². The summed E-state index contributed by atoms with van der Waals surface area (Å²) >= 11 is 0. The molecule has 1 N–H and O–H groups in total. The maximum atomic E-state index is 12.0. The van der Waals surface area contributed by atoms with E-state index in [0.717, 1.165) is 18.5 Å². The van der Waals surface area contributed by atoms with Crippen LogP contribution < -0.4 is 5.32 Å². The Balaban J connectivity index is 2.43. The molecule has 0 bridgehead atoms. The van der Waals surface area contributed by atoms with Gasteiger partial charge in [0.25, 0.3) is 0 Å². The van der Waals surface area contributed by atoms with Crippen molar-refractivity contribution in [3.63, 3.8) is 0 Å². The molecular formula is C13H17NO2. The molecule has 0 aliphatic carbocycles. The standard InChI is InChI=1S/C13H17NO2/c1-10-4-3-5-11(8-10)13(12(15)16-2)6-7-14-9-13/h3-5,8,14H,6-7,9H2,1-2H3. The molecular weight excluding hydrogens is 202 g/mol. The molecule has 3 nitrogen and oxygen atoms in total. The molecule has 86 valence electrons. The van der Waals surface area contributed by atoms with Crippen LogP contribution in [-0.2, 0) is 14.9 Å². The van der Waals surface area contributed by atoms with Crippen LogP contribution in [0.4, 0.5) is 0 Å². The fourth-order valence-corrected chi connectivity index (χ4v) is 2.37. The van der Waals surface area contributed by atoms with E-state index in [-0.39, 0.29) is 5.97 Å². The van der Waals surface area contributed by atoms with Crippen molar-refractivity contribution in [3.8, 4) is 0 Å². The molecule has 3 heteroatoms. The average molecular weight is 219 g/mol. The highest BCUT2D eigenvalue weighted by molar-refractivity contribution is 5.84. The summed E-state index contributed by atoms with van der Waals surface area (Å²) in [6.07, 6.45) is 0.809. The third-order valence-electron chi connectivity index (χ3n) is 3.30. The van der Waals surface area contributed by atoms with Gasteiger partial charge in [-0.15, -0.1) is 0 Å². The monoisotopic (exact) mass is 219 g/mol. The van der Waals surface area contributed by atoms with Crippen molar-refractivity contribution in [2.45, 2.75) is 18.8 Å². The fraction of sp³-hybridized carbons (Fsp3) is 0.462. The molecule has 1 aromatic carbocycles. The number of nitrogens with one attached hydrogen (secondary N) is 1. The molecule has 1 aromatic rings. The van der Waals surface area contributed by atoms with Gasteiger partial charge in [-0.3, -0.25) is 4.79 Å². The average Bonchev–Trinajstić information content (AvgIpc) is 2.78. The van der Waals surface area contributed by atoms with Crippen LogP contribution in [0.25, 0.3) is 0 Å². The minimum absolute atomic E-state index is 0.136. The third kappa shape index (κ3) is 1.71. The molecule has 1 aliphatic heterocycles. The normalized spacial score (nSPS) is 24.4. The Bertz CT molecular complexity index is 395. The van der Waals surface area contributed by atoms with Crippen molar-refractivity contribution < 1.29 is 9.53 Å². The Morgan fingerprint density at radius 1 is 1.50 bits per heavy atom. The lowest BCUT2D eigenvalue weighted by atomic mass is 9.79. The number of carbonyl (C=O) groups is 1. The zero-order chi connectivity index (χ0) is 11.6. The van der Waals surface area contributed by atoms with E-state index in [1.165, 1.54) is 12.7 Å². The number of carbonyl (C=O) groups excluding carboxylic acids is 1. The fourth-order valence-electron chi connectivity index (χ4n) is 2.37. The number of methoxy groups -OCH3 is 1. The van der Waals surface area contributed by atoms with Crippen molar-refractivity contribution in [1.29, 1.82) is 0 Å². The number of esters is 1. The van der Waals surface area contributed by atoms with Crippen LogP contribution >= 0.6 is 0 Å². The van der Waals surface area contributed by atoms with Crippen molar-refractivity contribution >= 4 is 5.97 Å². The maximum absolute atomic E-state index is 12.0. The highest BCUT2D eigenvalue weighted by Gasteiger charge is 2.43. The summed E-state index contributed by atoms with van der Waals surface area (Å²) < 4.78 is 4.95. The van der Waals surface area contributed by atoms with Crippen molar-refractivity contribution in [2.75, 3.05) is 20.2 Å². The van der Waals surface area contributed by atoms with Crippen molar-refractivity contribution in [3.05, 3.63) is 35.4 Å². The molecule has 16 heavy (non-hydrogen) atoms. The van der Waals surface area contributed by atoms with Gasteiger partial charge < -0.3 is 10.1 Å². The molecule has 0 saturated carbocycles. The second-order valence-electron chi connectivity index (χ2n) is 4.37. The number of benzene rings is 1. The van der Waals surface area contributed by atoms with E-state index in [2.05, 4.69) is 11.4 Å². The summed E-state index contributed by atoms with van der Waals surface area (Å²) in [5, 5.41) is 3.25. The molecule has 1 atom stereocenters. The minimum Gasteiger partial charge on any atom is -0.468 e. The topological polar surface area (TPSA) is 38.3 Å². The summed E-state index contributed by atoms with van der Waals surface area (Å²) in [4.78, 5) is 12.0. The third-order valence-corrected chi connectivity index (χ3v) is 3.30. The van der Waals surface area contributed by atoms with Crippen LogP contribution in [0.15, 0.2) is 24.3 Å². The molecule has 0 aromatic heterocycles. The quantitative estimate of drug-likeness (QED) is 0.764. The number of rotatable bonds is 2. The van der Waals surface area contributed by atoms with Crippen LogP contribution in [0.3, 0.4) is 0 Å². The zero-order valence-corrected chi connectivity index (χ0v) is 9.75. The first-order valence-electron chi connectivity index (χ1n) is 5.55. The predicted octanol–water partition coefficient (Wildman–Crippen LogP) is 1.40.